The first-order valence-corrected chi connectivity index (χ1v) is 11.6. The lowest BCUT2D eigenvalue weighted by molar-refractivity contribution is -0.143. The third-order valence-corrected chi connectivity index (χ3v) is 10.1. The second-order valence-electron chi connectivity index (χ2n) is 4.20. The summed E-state index contributed by atoms with van der Waals surface area (Å²) < 4.78 is 26.3. The molecule has 6 nitrogen and oxygen atoms in total. The van der Waals surface area contributed by atoms with Crippen molar-refractivity contribution in [2.45, 2.75) is 31.5 Å². The summed E-state index contributed by atoms with van der Waals surface area (Å²) in [4.78, 5) is 11.5. The Morgan fingerprint density at radius 1 is 1.21 bits per heavy atom. The molecule has 0 N–H and O–H groups in total. The van der Waals surface area contributed by atoms with E-state index >= 15 is 0 Å². The molecule has 0 fully saturated rings. The molecule has 0 aliphatic heterocycles. The Kier molecular flexibility index (Phi) is 10.7. The van der Waals surface area contributed by atoms with Crippen molar-refractivity contribution < 1.29 is 26.9 Å². The minimum atomic E-state index is -2.62. The lowest BCUT2D eigenvalue weighted by Gasteiger charge is -2.23. The molecule has 0 rings (SSSR count). The van der Waals surface area contributed by atoms with E-state index in [9.17, 15) is 4.79 Å². The molecule has 0 bridgehead atoms. The minimum absolute atomic E-state index is 0.180. The van der Waals surface area contributed by atoms with Gasteiger partial charge in [0.2, 0.25) is 0 Å². The molecule has 0 saturated carbocycles. The normalized spacial score (nSPS) is 13.5. The molecule has 0 aromatic carbocycles. The maximum Gasteiger partial charge on any atom is 0.503 e. The first-order chi connectivity index (χ1) is 9.03. The van der Waals surface area contributed by atoms with E-state index in [2.05, 4.69) is 6.55 Å². The summed E-state index contributed by atoms with van der Waals surface area (Å²) >= 11 is 0. The molecule has 19 heavy (non-hydrogen) atoms. The summed E-state index contributed by atoms with van der Waals surface area (Å²) in [7, 11) is 1.79. The molecule has 0 saturated heterocycles. The van der Waals surface area contributed by atoms with E-state index < -0.39 is 17.8 Å². The van der Waals surface area contributed by atoms with E-state index in [-0.39, 0.29) is 12.6 Å². The molecule has 0 amide bonds. The van der Waals surface area contributed by atoms with Gasteiger partial charge in [0, 0.05) is 27.8 Å². The third-order valence-electron chi connectivity index (χ3n) is 3.00. The molecular formula is C10H26O6Si3. The van der Waals surface area contributed by atoms with E-state index in [4.69, 9.17) is 22.1 Å². The van der Waals surface area contributed by atoms with Crippen LogP contribution in [0.4, 0.5) is 0 Å². The van der Waals surface area contributed by atoms with Crippen LogP contribution in [0.5, 0.6) is 0 Å². The molecule has 0 heterocycles. The molecule has 1 unspecified atom stereocenters. The van der Waals surface area contributed by atoms with Gasteiger partial charge in [-0.2, -0.15) is 0 Å². The molecule has 0 aromatic rings. The van der Waals surface area contributed by atoms with E-state index in [0.717, 1.165) is 23.0 Å². The fourth-order valence-corrected chi connectivity index (χ4v) is 4.76. The van der Waals surface area contributed by atoms with Crippen LogP contribution in [-0.2, 0) is 26.9 Å². The van der Waals surface area contributed by atoms with E-state index in [1.54, 1.807) is 21.3 Å². The number of rotatable bonds is 11. The Balaban J connectivity index is 3.79. The van der Waals surface area contributed by atoms with Crippen molar-refractivity contribution in [2.75, 3.05) is 27.9 Å². The fourth-order valence-electron chi connectivity index (χ4n) is 1.57. The van der Waals surface area contributed by atoms with Gasteiger partial charge < -0.3 is 22.1 Å². The van der Waals surface area contributed by atoms with Gasteiger partial charge in [-0.1, -0.05) is 0 Å². The zero-order chi connectivity index (χ0) is 14.7. The summed E-state index contributed by atoms with van der Waals surface area (Å²) in [5.41, 5.74) is 0. The fraction of sp³-hybridized carbons (Fsp3) is 0.900. The van der Waals surface area contributed by atoms with Crippen LogP contribution in [0.25, 0.3) is 0 Å². The first-order valence-electron chi connectivity index (χ1n) is 6.37. The van der Waals surface area contributed by atoms with Crippen LogP contribution in [0, 0.1) is 0 Å². The molecule has 0 spiro atoms. The number of carbonyl (C=O) groups excluding carboxylic acids is 1. The molecule has 9 heteroatoms. The summed E-state index contributed by atoms with van der Waals surface area (Å²) in [5, 5.41) is 0. The highest BCUT2D eigenvalue weighted by atomic mass is 28.4. The van der Waals surface area contributed by atoms with Gasteiger partial charge in [-0.3, -0.25) is 4.79 Å². The summed E-state index contributed by atoms with van der Waals surface area (Å²) in [6.45, 7) is 2.42. The predicted octanol–water partition coefficient (Wildman–Crippen LogP) is -0.161. The van der Waals surface area contributed by atoms with Gasteiger partial charge in [-0.05, 0) is 19.0 Å². The summed E-state index contributed by atoms with van der Waals surface area (Å²) in [6, 6.07) is 1.49. The highest BCUT2D eigenvalue weighted by molar-refractivity contribution is 6.60. The van der Waals surface area contributed by atoms with Crippen LogP contribution >= 0.6 is 0 Å². The molecule has 0 aromatic heterocycles. The van der Waals surface area contributed by atoms with Gasteiger partial charge in [0.15, 0.2) is 9.04 Å². The molecule has 0 aliphatic rings. The standard InChI is InChI=1S/C10H26O6Si3/c1-12-19(13-2,14-3)9-7-15-10(11)6-5-8-18(4)16-17/h18H,5-9H2,1-4,17H3. The van der Waals surface area contributed by atoms with Crippen LogP contribution in [0.15, 0.2) is 0 Å². The Bertz CT molecular complexity index is 241. The van der Waals surface area contributed by atoms with Crippen molar-refractivity contribution in [1.29, 1.82) is 0 Å². The van der Waals surface area contributed by atoms with Gasteiger partial charge in [0.1, 0.15) is 10.5 Å². The Morgan fingerprint density at radius 2 is 1.79 bits per heavy atom. The average molecular weight is 327 g/mol. The molecule has 114 valence electrons. The number of carbonyl (C=O) groups is 1. The Hall–Kier alpha value is -0.0394. The predicted molar refractivity (Wildman–Crippen MR) is 80.6 cm³/mol. The molecular weight excluding hydrogens is 300 g/mol. The number of esters is 1. The van der Waals surface area contributed by atoms with E-state index in [1.165, 1.54) is 0 Å². The second-order valence-corrected chi connectivity index (χ2v) is 11.4. The van der Waals surface area contributed by atoms with Gasteiger partial charge >= 0.3 is 14.8 Å². The number of ether oxygens (including phenoxy) is 1. The number of hydrogen-bond acceptors (Lipinski definition) is 6. The monoisotopic (exact) mass is 326 g/mol. The van der Waals surface area contributed by atoms with Crippen molar-refractivity contribution in [3.05, 3.63) is 0 Å². The number of hydrogen-bond donors (Lipinski definition) is 0. The molecule has 0 radical (unpaired) electrons. The molecule has 1 atom stereocenters. The van der Waals surface area contributed by atoms with Crippen molar-refractivity contribution in [3.8, 4) is 0 Å². The maximum absolute atomic E-state index is 11.5. The van der Waals surface area contributed by atoms with Crippen molar-refractivity contribution in [3.63, 3.8) is 0 Å². The highest BCUT2D eigenvalue weighted by Crippen LogP contribution is 2.12. The first kappa shape index (κ1) is 19.0. The van der Waals surface area contributed by atoms with Crippen LogP contribution in [0.3, 0.4) is 0 Å². The zero-order valence-electron chi connectivity index (χ0n) is 12.6. The lowest BCUT2D eigenvalue weighted by Crippen LogP contribution is -2.43. The largest absolute Gasteiger partial charge is 0.503 e. The quantitative estimate of drug-likeness (QED) is 0.388. The minimum Gasteiger partial charge on any atom is -0.466 e. The topological polar surface area (TPSA) is 63.2 Å². The summed E-state index contributed by atoms with van der Waals surface area (Å²) in [6.07, 6.45) is 1.29. The lowest BCUT2D eigenvalue weighted by atomic mass is 10.3. The molecule has 0 aliphatic carbocycles. The van der Waals surface area contributed by atoms with Crippen LogP contribution < -0.4 is 0 Å². The van der Waals surface area contributed by atoms with Crippen LogP contribution in [-0.4, -0.2) is 62.2 Å². The van der Waals surface area contributed by atoms with Gasteiger partial charge in [0.05, 0.1) is 12.7 Å². The Morgan fingerprint density at radius 3 is 2.26 bits per heavy atom. The van der Waals surface area contributed by atoms with Gasteiger partial charge in [0.25, 0.3) is 0 Å². The van der Waals surface area contributed by atoms with Gasteiger partial charge in [-0.15, -0.1) is 0 Å². The van der Waals surface area contributed by atoms with Crippen LogP contribution in [0.2, 0.25) is 18.6 Å². The van der Waals surface area contributed by atoms with Crippen molar-refractivity contribution in [2.24, 2.45) is 0 Å². The van der Waals surface area contributed by atoms with E-state index in [0.29, 0.717) is 12.5 Å². The van der Waals surface area contributed by atoms with E-state index in [1.807, 2.05) is 0 Å². The van der Waals surface area contributed by atoms with Crippen molar-refractivity contribution in [1.82, 2.24) is 0 Å². The second kappa shape index (κ2) is 10.7. The zero-order valence-corrected chi connectivity index (χ0v) is 16.7. The smallest absolute Gasteiger partial charge is 0.466 e. The Labute approximate surface area is 121 Å². The van der Waals surface area contributed by atoms with Crippen molar-refractivity contribution >= 4 is 34.3 Å². The van der Waals surface area contributed by atoms with Gasteiger partial charge in [-0.25, -0.2) is 0 Å². The maximum atomic E-state index is 11.5. The summed E-state index contributed by atoms with van der Waals surface area (Å²) in [5.74, 6) is -0.180. The SMILES string of the molecule is CO[Si](CCOC(=O)CCC[SiH](C)O[SiH3])(OC)OC. The van der Waals surface area contributed by atoms with Crippen LogP contribution in [0.1, 0.15) is 12.8 Å². The third kappa shape index (κ3) is 7.97. The highest BCUT2D eigenvalue weighted by Gasteiger charge is 2.37. The average Bonchev–Trinajstić information content (AvgIpc) is 2.44.